The molecule has 2 aromatic heterocycles. The minimum absolute atomic E-state index is 0.356. The first-order valence-electron chi connectivity index (χ1n) is 27.5. The molecule has 0 spiro atoms. The van der Waals surface area contributed by atoms with E-state index in [2.05, 4.69) is 271 Å². The highest BCUT2D eigenvalue weighted by atomic mass is 16.3. The third-order valence-corrected chi connectivity index (χ3v) is 16.5. The summed E-state index contributed by atoms with van der Waals surface area (Å²) in [6.45, 7) is 17.9. The third kappa shape index (κ3) is 7.34. The van der Waals surface area contributed by atoms with Gasteiger partial charge < -0.3 is 18.6 Å². The predicted octanol–water partition coefficient (Wildman–Crippen LogP) is 22.1. The SMILES string of the molecule is Cc1ccc(C)c(N(c2ccc3ccc4c(N(c5cc(C)ccc5C)c5cccc6c5oc5c(-c7ccccc7C(C)C)cccc56)ccc5ccc2c3c54)c2cccc3c2oc2c(-c4ccccc4C(C)C)cccc23)c1. The monoisotopic (exact) mass is 1010 g/mol. The van der Waals surface area contributed by atoms with Crippen LogP contribution in [-0.4, -0.2) is 0 Å². The summed E-state index contributed by atoms with van der Waals surface area (Å²) in [5.41, 5.74) is 21.9. The van der Waals surface area contributed by atoms with E-state index in [1.807, 2.05) is 0 Å². The summed E-state index contributed by atoms with van der Waals surface area (Å²) >= 11 is 0. The van der Waals surface area contributed by atoms with Crippen LogP contribution in [0.25, 0.3) is 98.4 Å². The Morgan fingerprint density at radius 1 is 0.295 bits per heavy atom. The second kappa shape index (κ2) is 18.3. The number of nitrogens with zero attached hydrogens (tertiary/aromatic N) is 2. The Labute approximate surface area is 455 Å². The molecule has 0 N–H and O–H groups in total. The molecule has 14 rings (SSSR count). The maximum atomic E-state index is 7.31. The van der Waals surface area contributed by atoms with Crippen molar-refractivity contribution in [1.82, 2.24) is 0 Å². The van der Waals surface area contributed by atoms with Gasteiger partial charge in [0, 0.05) is 54.8 Å². The molecule has 0 fully saturated rings. The molecule has 0 aliphatic rings. The van der Waals surface area contributed by atoms with Gasteiger partial charge in [-0.3, -0.25) is 0 Å². The number of anilines is 6. The second-order valence-corrected chi connectivity index (χ2v) is 22.2. The topological polar surface area (TPSA) is 32.8 Å². The lowest BCUT2D eigenvalue weighted by Gasteiger charge is -2.30. The van der Waals surface area contributed by atoms with Crippen molar-refractivity contribution in [3.05, 3.63) is 240 Å². The smallest absolute Gasteiger partial charge is 0.159 e. The van der Waals surface area contributed by atoms with Crippen LogP contribution in [0, 0.1) is 27.7 Å². The van der Waals surface area contributed by atoms with Gasteiger partial charge in [0.15, 0.2) is 11.2 Å². The Morgan fingerprint density at radius 3 is 1.09 bits per heavy atom. The quantitative estimate of drug-likeness (QED) is 0.128. The summed E-state index contributed by atoms with van der Waals surface area (Å²) in [6.07, 6.45) is 0. The first-order valence-corrected chi connectivity index (χ1v) is 27.5. The molecular weight excluding hydrogens is 949 g/mol. The summed E-state index contributed by atoms with van der Waals surface area (Å²) in [6, 6.07) is 76.1. The molecule has 0 saturated carbocycles. The van der Waals surface area contributed by atoms with Crippen molar-refractivity contribution in [3.63, 3.8) is 0 Å². The number of aryl methyl sites for hydroxylation is 4. The van der Waals surface area contributed by atoms with E-state index in [9.17, 15) is 0 Å². The van der Waals surface area contributed by atoms with Crippen molar-refractivity contribution in [1.29, 1.82) is 0 Å². The third-order valence-electron chi connectivity index (χ3n) is 16.5. The number of rotatable bonds is 10. The van der Waals surface area contributed by atoms with Gasteiger partial charge >= 0.3 is 0 Å². The van der Waals surface area contributed by atoms with Crippen LogP contribution in [0.4, 0.5) is 34.1 Å². The van der Waals surface area contributed by atoms with Gasteiger partial charge in [0.1, 0.15) is 11.2 Å². The van der Waals surface area contributed by atoms with Crippen molar-refractivity contribution in [3.8, 4) is 22.3 Å². The molecule has 0 aliphatic carbocycles. The molecule has 0 amide bonds. The minimum atomic E-state index is 0.356. The molecule has 4 heteroatoms. The molecule has 0 saturated heterocycles. The first kappa shape index (κ1) is 47.3. The number of fused-ring (bicyclic) bond motifs is 6. The summed E-state index contributed by atoms with van der Waals surface area (Å²) in [5.74, 6) is 0.712. The molecule has 12 aromatic carbocycles. The van der Waals surface area contributed by atoms with E-state index in [0.29, 0.717) is 11.8 Å². The van der Waals surface area contributed by atoms with E-state index in [1.165, 1.54) is 66.1 Å². The van der Waals surface area contributed by atoms with Gasteiger partial charge in [-0.15, -0.1) is 0 Å². The van der Waals surface area contributed by atoms with Gasteiger partial charge in [0.25, 0.3) is 0 Å². The van der Waals surface area contributed by atoms with Gasteiger partial charge in [-0.05, 0) is 142 Å². The highest BCUT2D eigenvalue weighted by Gasteiger charge is 2.28. The van der Waals surface area contributed by atoms with E-state index in [0.717, 1.165) is 99.9 Å². The van der Waals surface area contributed by atoms with Gasteiger partial charge in [-0.2, -0.15) is 0 Å². The van der Waals surface area contributed by atoms with Crippen LogP contribution in [-0.2, 0) is 0 Å². The van der Waals surface area contributed by atoms with Crippen molar-refractivity contribution in [2.24, 2.45) is 0 Å². The summed E-state index contributed by atoms with van der Waals surface area (Å²) < 4.78 is 14.6. The fraction of sp³-hybridized carbons (Fsp3) is 0.135. The lowest BCUT2D eigenvalue weighted by Crippen LogP contribution is -2.13. The lowest BCUT2D eigenvalue weighted by molar-refractivity contribution is 0.669. The molecule has 0 unspecified atom stereocenters. The summed E-state index contributed by atoms with van der Waals surface area (Å²) in [5, 5.41) is 11.5. The highest BCUT2D eigenvalue weighted by Crippen LogP contribution is 2.52. The van der Waals surface area contributed by atoms with E-state index < -0.39 is 0 Å². The van der Waals surface area contributed by atoms with Crippen LogP contribution in [0.5, 0.6) is 0 Å². The van der Waals surface area contributed by atoms with Crippen molar-refractivity contribution in [2.75, 3.05) is 9.80 Å². The van der Waals surface area contributed by atoms with Gasteiger partial charge in [0.05, 0.1) is 22.7 Å². The van der Waals surface area contributed by atoms with Crippen molar-refractivity contribution in [2.45, 2.75) is 67.2 Å². The Kier molecular flexibility index (Phi) is 11.1. The minimum Gasteiger partial charge on any atom is -0.453 e. The number of hydrogen-bond donors (Lipinski definition) is 0. The first-order chi connectivity index (χ1) is 38.0. The summed E-state index contributed by atoms with van der Waals surface area (Å²) in [4.78, 5) is 4.92. The van der Waals surface area contributed by atoms with Gasteiger partial charge in [-0.25, -0.2) is 0 Å². The van der Waals surface area contributed by atoms with Crippen molar-refractivity contribution < 1.29 is 8.83 Å². The zero-order chi connectivity index (χ0) is 53.1. The Hall–Kier alpha value is -9.12. The van der Waals surface area contributed by atoms with Crippen LogP contribution in [0.15, 0.2) is 215 Å². The molecule has 0 aliphatic heterocycles. The molecule has 14 aromatic rings. The van der Waals surface area contributed by atoms with E-state index in [-0.39, 0.29) is 0 Å². The molecular formula is C74H60N2O2. The van der Waals surface area contributed by atoms with Crippen LogP contribution in [0.3, 0.4) is 0 Å². The van der Waals surface area contributed by atoms with E-state index in [1.54, 1.807) is 0 Å². The maximum absolute atomic E-state index is 7.31. The van der Waals surface area contributed by atoms with Crippen LogP contribution in [0.1, 0.15) is 72.9 Å². The second-order valence-electron chi connectivity index (χ2n) is 22.2. The van der Waals surface area contributed by atoms with Crippen LogP contribution < -0.4 is 9.80 Å². The van der Waals surface area contributed by atoms with E-state index in [4.69, 9.17) is 8.83 Å². The van der Waals surface area contributed by atoms with Gasteiger partial charge in [-0.1, -0.05) is 198 Å². The lowest BCUT2D eigenvalue weighted by atomic mass is 9.91. The molecule has 4 nitrogen and oxygen atoms in total. The highest BCUT2D eigenvalue weighted by molar-refractivity contribution is 6.29. The average molecular weight is 1010 g/mol. The zero-order valence-electron chi connectivity index (χ0n) is 45.5. The molecule has 378 valence electrons. The molecule has 2 heterocycles. The fourth-order valence-electron chi connectivity index (χ4n) is 12.7. The number of para-hydroxylation sites is 4. The summed E-state index contributed by atoms with van der Waals surface area (Å²) in [7, 11) is 0. The number of hydrogen-bond acceptors (Lipinski definition) is 4. The molecule has 78 heavy (non-hydrogen) atoms. The largest absolute Gasteiger partial charge is 0.453 e. The number of furan rings is 2. The Morgan fingerprint density at radius 2 is 0.667 bits per heavy atom. The standard InChI is InChI=1S/C74H60N2O2/c1-43(2)51-17-9-11-19-53(51)55-21-13-23-57-59-25-15-27-65(73(59)77-71(55)57)75(67-41-45(5)29-31-47(67)7)63-39-35-49-34-38-62-64(40-36-50-33-37-61(63)69(49)70(50)62)76(68-42-46(6)30-32-48(68)8)66-28-16-26-60-58-24-14-22-56(72(58)78-74(60)66)54-20-12-10-18-52(54)44(3)4/h9-44H,1-8H3. The molecule has 0 bridgehead atoms. The predicted molar refractivity (Wildman–Crippen MR) is 332 cm³/mol. The normalized spacial score (nSPS) is 12.1. The zero-order valence-corrected chi connectivity index (χ0v) is 45.5. The van der Waals surface area contributed by atoms with Crippen LogP contribution in [0.2, 0.25) is 0 Å². The Balaban J connectivity index is 1.01. The van der Waals surface area contributed by atoms with Crippen molar-refractivity contribution >= 4 is 110 Å². The average Bonchev–Trinajstić information content (AvgIpc) is 4.09. The molecule has 0 radical (unpaired) electrons. The number of benzene rings is 12. The maximum Gasteiger partial charge on any atom is 0.159 e. The van der Waals surface area contributed by atoms with E-state index >= 15 is 0 Å². The van der Waals surface area contributed by atoms with Gasteiger partial charge in [0.2, 0.25) is 0 Å². The Bertz CT molecular complexity index is 4400. The fourth-order valence-corrected chi connectivity index (χ4v) is 12.7. The van der Waals surface area contributed by atoms with Crippen LogP contribution >= 0.6 is 0 Å². The molecule has 0 atom stereocenters.